The van der Waals surface area contributed by atoms with Crippen LogP contribution in [0, 0.1) is 0 Å². The fourth-order valence-electron chi connectivity index (χ4n) is 12.3. The second kappa shape index (κ2) is 74.5. The smallest absolute Gasteiger partial charge is 0.305 e. The molecule has 0 saturated heterocycles. The fourth-order valence-corrected chi connectivity index (χ4v) is 12.3. The Morgan fingerprint density at radius 2 is 0.588 bits per heavy atom. The van der Waals surface area contributed by atoms with Gasteiger partial charge in [-0.05, 0) is 64.2 Å². The standard InChI is InChI=1S/C79H151NO5/c1-3-5-7-9-11-13-15-17-19-20-38-41-44-47-51-55-59-63-67-71-77(82)76(75-81)80-78(83)72-68-64-60-56-52-48-45-42-39-36-34-32-30-28-26-24-22-21-23-25-27-29-31-33-35-37-40-43-46-50-54-58-62-66-70-74-85-79(84)73-69-65-61-57-53-49-18-16-14-12-10-8-6-4-2/h23,25,29,31,67,71,76-77,81-82H,3-22,24,26-28,30,32-66,68-70,72-75H2,1-2H3,(H,80,83)/b25-23-,31-29-,71-67+. The van der Waals surface area contributed by atoms with Crippen molar-refractivity contribution in [1.82, 2.24) is 5.32 Å². The number of aliphatic hydroxyl groups excluding tert-OH is 2. The Hall–Kier alpha value is -1.92. The van der Waals surface area contributed by atoms with Gasteiger partial charge in [-0.1, -0.05) is 391 Å². The molecule has 0 aromatic heterocycles. The summed E-state index contributed by atoms with van der Waals surface area (Å²) in [5.74, 6) is -0.0423. The van der Waals surface area contributed by atoms with Crippen molar-refractivity contribution in [3.63, 3.8) is 0 Å². The molecule has 0 radical (unpaired) electrons. The summed E-state index contributed by atoms with van der Waals surface area (Å²) in [5.41, 5.74) is 0. The van der Waals surface area contributed by atoms with Crippen molar-refractivity contribution in [2.24, 2.45) is 0 Å². The van der Waals surface area contributed by atoms with E-state index in [0.717, 1.165) is 44.9 Å². The lowest BCUT2D eigenvalue weighted by Gasteiger charge is -2.20. The van der Waals surface area contributed by atoms with Crippen LogP contribution in [-0.2, 0) is 14.3 Å². The van der Waals surface area contributed by atoms with Crippen LogP contribution in [0.1, 0.15) is 431 Å². The van der Waals surface area contributed by atoms with Crippen molar-refractivity contribution in [2.45, 2.75) is 443 Å². The maximum Gasteiger partial charge on any atom is 0.305 e. The zero-order valence-electron chi connectivity index (χ0n) is 57.6. The molecule has 0 fully saturated rings. The number of carbonyl (C=O) groups excluding carboxylic acids is 2. The average molecular weight is 1200 g/mol. The van der Waals surface area contributed by atoms with Gasteiger partial charge in [0.2, 0.25) is 5.91 Å². The van der Waals surface area contributed by atoms with E-state index in [-0.39, 0.29) is 18.5 Å². The molecule has 1 amide bonds. The SMILES string of the molecule is CCCCCCCCCCCCCCCCCCC/C=C/C(O)C(CO)NC(=O)CCCCCCCCCCCCCCCCCCC/C=C\C/C=C\CCCCCCCCCCCCCOC(=O)CCCCCCCCCCCCCCCC. The van der Waals surface area contributed by atoms with Crippen LogP contribution in [0.3, 0.4) is 0 Å². The molecule has 0 aliphatic carbocycles. The van der Waals surface area contributed by atoms with Crippen molar-refractivity contribution in [2.75, 3.05) is 13.2 Å². The summed E-state index contributed by atoms with van der Waals surface area (Å²) < 4.78 is 5.50. The van der Waals surface area contributed by atoms with Crippen LogP contribution < -0.4 is 5.32 Å². The fraction of sp³-hybridized carbons (Fsp3) is 0.899. The highest BCUT2D eigenvalue weighted by Gasteiger charge is 2.18. The van der Waals surface area contributed by atoms with E-state index < -0.39 is 12.1 Å². The maximum absolute atomic E-state index is 12.5. The van der Waals surface area contributed by atoms with E-state index in [4.69, 9.17) is 4.74 Å². The highest BCUT2D eigenvalue weighted by Crippen LogP contribution is 2.19. The number of esters is 1. The van der Waals surface area contributed by atoms with E-state index in [1.54, 1.807) is 6.08 Å². The van der Waals surface area contributed by atoms with Gasteiger partial charge in [0.15, 0.2) is 0 Å². The van der Waals surface area contributed by atoms with Crippen molar-refractivity contribution >= 4 is 11.9 Å². The molecule has 0 aromatic carbocycles. The highest BCUT2D eigenvalue weighted by molar-refractivity contribution is 5.76. The average Bonchev–Trinajstić information content (AvgIpc) is 3.51. The molecule has 0 rings (SSSR count). The minimum Gasteiger partial charge on any atom is -0.466 e. The second-order valence-electron chi connectivity index (χ2n) is 26.7. The van der Waals surface area contributed by atoms with Crippen molar-refractivity contribution < 1.29 is 24.5 Å². The predicted molar refractivity (Wildman–Crippen MR) is 375 cm³/mol. The molecule has 2 unspecified atom stereocenters. The van der Waals surface area contributed by atoms with E-state index >= 15 is 0 Å². The minimum atomic E-state index is -0.844. The molecule has 0 saturated carbocycles. The molecular formula is C79H151NO5. The third kappa shape index (κ3) is 71.0. The monoisotopic (exact) mass is 1190 g/mol. The quantitative estimate of drug-likeness (QED) is 0.0320. The summed E-state index contributed by atoms with van der Waals surface area (Å²) in [6, 6.07) is -0.627. The van der Waals surface area contributed by atoms with E-state index in [1.807, 2.05) is 6.08 Å². The van der Waals surface area contributed by atoms with Gasteiger partial charge in [-0.25, -0.2) is 0 Å². The van der Waals surface area contributed by atoms with Gasteiger partial charge in [0.05, 0.1) is 25.4 Å². The largest absolute Gasteiger partial charge is 0.466 e. The Kier molecular flexibility index (Phi) is 72.9. The summed E-state index contributed by atoms with van der Waals surface area (Å²) in [5, 5.41) is 23.3. The van der Waals surface area contributed by atoms with E-state index in [2.05, 4.69) is 43.5 Å². The molecule has 3 N–H and O–H groups in total. The Balaban J connectivity index is 3.38. The molecule has 2 atom stereocenters. The second-order valence-corrected chi connectivity index (χ2v) is 26.7. The van der Waals surface area contributed by atoms with Gasteiger partial charge in [0.25, 0.3) is 0 Å². The molecule has 0 heterocycles. The first-order valence-corrected chi connectivity index (χ1v) is 38.8. The lowest BCUT2D eigenvalue weighted by atomic mass is 10.0. The highest BCUT2D eigenvalue weighted by atomic mass is 16.5. The lowest BCUT2D eigenvalue weighted by molar-refractivity contribution is -0.143. The topological polar surface area (TPSA) is 95.9 Å². The number of unbranched alkanes of at least 4 members (excludes halogenated alkanes) is 58. The number of hydrogen-bond acceptors (Lipinski definition) is 5. The number of allylic oxidation sites excluding steroid dienone is 5. The van der Waals surface area contributed by atoms with Gasteiger partial charge < -0.3 is 20.3 Å². The number of nitrogens with one attached hydrogen (secondary N) is 1. The van der Waals surface area contributed by atoms with Gasteiger partial charge in [0.1, 0.15) is 0 Å². The Morgan fingerprint density at radius 3 is 0.894 bits per heavy atom. The first-order valence-electron chi connectivity index (χ1n) is 38.8. The number of hydrogen-bond donors (Lipinski definition) is 3. The van der Waals surface area contributed by atoms with Crippen LogP contribution >= 0.6 is 0 Å². The van der Waals surface area contributed by atoms with Crippen molar-refractivity contribution in [1.29, 1.82) is 0 Å². The van der Waals surface area contributed by atoms with E-state index in [9.17, 15) is 19.8 Å². The summed E-state index contributed by atoms with van der Waals surface area (Å²) >= 11 is 0. The van der Waals surface area contributed by atoms with Gasteiger partial charge in [-0.3, -0.25) is 9.59 Å². The van der Waals surface area contributed by atoms with Crippen LogP contribution in [0.4, 0.5) is 0 Å². The van der Waals surface area contributed by atoms with Crippen molar-refractivity contribution in [3.8, 4) is 0 Å². The summed E-state index contributed by atoms with van der Waals surface area (Å²) in [7, 11) is 0. The van der Waals surface area contributed by atoms with E-state index in [0.29, 0.717) is 19.4 Å². The molecule has 502 valence electrons. The zero-order valence-corrected chi connectivity index (χ0v) is 57.6. The van der Waals surface area contributed by atoms with Gasteiger partial charge >= 0.3 is 5.97 Å². The van der Waals surface area contributed by atoms with Gasteiger partial charge in [0, 0.05) is 12.8 Å². The molecule has 0 aliphatic rings. The van der Waals surface area contributed by atoms with Gasteiger partial charge in [-0.15, -0.1) is 0 Å². The van der Waals surface area contributed by atoms with Crippen LogP contribution in [0.15, 0.2) is 36.5 Å². The summed E-state index contributed by atoms with van der Waals surface area (Å²) in [6.45, 7) is 4.95. The first-order chi connectivity index (χ1) is 42.0. The van der Waals surface area contributed by atoms with E-state index in [1.165, 1.54) is 360 Å². The molecule has 6 heteroatoms. The molecule has 0 aliphatic heterocycles. The van der Waals surface area contributed by atoms with Crippen LogP contribution in [0.2, 0.25) is 0 Å². The molecular weight excluding hydrogens is 1040 g/mol. The third-order valence-corrected chi connectivity index (χ3v) is 18.2. The Bertz CT molecular complexity index is 1380. The normalized spacial score (nSPS) is 12.7. The molecule has 85 heavy (non-hydrogen) atoms. The predicted octanol–water partition coefficient (Wildman–Crippen LogP) is 25.4. The number of aliphatic hydroxyl groups is 2. The zero-order chi connectivity index (χ0) is 61.3. The summed E-state index contributed by atoms with van der Waals surface area (Å²) in [4.78, 5) is 24.6. The molecule has 0 spiro atoms. The van der Waals surface area contributed by atoms with Crippen LogP contribution in [0.25, 0.3) is 0 Å². The number of ether oxygens (including phenoxy) is 1. The first kappa shape index (κ1) is 83.1. The van der Waals surface area contributed by atoms with Crippen molar-refractivity contribution in [3.05, 3.63) is 36.5 Å². The number of rotatable bonds is 73. The summed E-state index contributed by atoms with van der Waals surface area (Å²) in [6.07, 6.45) is 96.9. The number of carbonyl (C=O) groups is 2. The van der Waals surface area contributed by atoms with Crippen LogP contribution in [-0.4, -0.2) is 47.4 Å². The maximum atomic E-state index is 12.5. The Morgan fingerprint density at radius 1 is 0.329 bits per heavy atom. The molecule has 6 nitrogen and oxygen atoms in total. The molecule has 0 aromatic rings. The lowest BCUT2D eigenvalue weighted by Crippen LogP contribution is -2.45. The number of amides is 1. The Labute approximate surface area is 532 Å². The minimum absolute atomic E-state index is 0.0195. The van der Waals surface area contributed by atoms with Crippen LogP contribution in [0.5, 0.6) is 0 Å². The van der Waals surface area contributed by atoms with Gasteiger partial charge in [-0.2, -0.15) is 0 Å². The molecule has 0 bridgehead atoms. The third-order valence-electron chi connectivity index (χ3n) is 18.2.